The summed E-state index contributed by atoms with van der Waals surface area (Å²) in [5.74, 6) is 1.48. The fourth-order valence-electron chi connectivity index (χ4n) is 2.58. The van der Waals surface area contributed by atoms with E-state index in [1.54, 1.807) is 18.4 Å². The molecule has 0 amide bonds. The Morgan fingerprint density at radius 3 is 2.74 bits per heavy atom. The number of anilines is 1. The highest BCUT2D eigenvalue weighted by Gasteiger charge is 2.19. The number of hydrogen-bond donors (Lipinski definition) is 1. The predicted molar refractivity (Wildman–Crippen MR) is 96.2 cm³/mol. The van der Waals surface area contributed by atoms with Crippen LogP contribution < -0.4 is 10.1 Å². The lowest BCUT2D eigenvalue weighted by atomic mass is 10.1. The zero-order chi connectivity index (χ0) is 16.4. The van der Waals surface area contributed by atoms with Crippen LogP contribution in [0.2, 0.25) is 0 Å². The number of hydrogen-bond acceptors (Lipinski definition) is 6. The minimum absolute atomic E-state index is 0.0970. The summed E-state index contributed by atoms with van der Waals surface area (Å²) >= 11 is 1.71. The van der Waals surface area contributed by atoms with Crippen molar-refractivity contribution in [2.45, 2.75) is 33.2 Å². The molecule has 0 bridgehead atoms. The van der Waals surface area contributed by atoms with Gasteiger partial charge >= 0.3 is 0 Å². The highest BCUT2D eigenvalue weighted by atomic mass is 32.1. The summed E-state index contributed by atoms with van der Waals surface area (Å²) in [6.45, 7) is 6.11. The number of methoxy groups -OCH3 is 1. The van der Waals surface area contributed by atoms with Crippen molar-refractivity contribution in [3.8, 4) is 5.75 Å². The van der Waals surface area contributed by atoms with Crippen molar-refractivity contribution in [3.05, 3.63) is 39.3 Å². The van der Waals surface area contributed by atoms with Crippen molar-refractivity contribution in [2.24, 2.45) is 9.98 Å². The number of guanidine groups is 1. The molecule has 2 heterocycles. The van der Waals surface area contributed by atoms with E-state index in [-0.39, 0.29) is 6.04 Å². The monoisotopic (exact) mass is 328 g/mol. The van der Waals surface area contributed by atoms with Crippen molar-refractivity contribution >= 4 is 29.2 Å². The lowest BCUT2D eigenvalue weighted by molar-refractivity contribution is 0.414. The molecule has 0 saturated heterocycles. The van der Waals surface area contributed by atoms with Crippen molar-refractivity contribution in [1.29, 1.82) is 0 Å². The van der Waals surface area contributed by atoms with Crippen LogP contribution in [0.1, 0.15) is 33.6 Å². The van der Waals surface area contributed by atoms with Crippen molar-refractivity contribution in [3.63, 3.8) is 0 Å². The van der Waals surface area contributed by atoms with Crippen LogP contribution in [0.4, 0.5) is 5.69 Å². The van der Waals surface area contributed by atoms with E-state index in [0.717, 1.165) is 34.1 Å². The third-order valence-electron chi connectivity index (χ3n) is 3.74. The first-order chi connectivity index (χ1) is 11.1. The minimum Gasteiger partial charge on any atom is -0.497 e. The van der Waals surface area contributed by atoms with Crippen LogP contribution in [0.3, 0.4) is 0 Å². The first kappa shape index (κ1) is 15.7. The number of rotatable bonds is 3. The van der Waals surface area contributed by atoms with Gasteiger partial charge in [0.15, 0.2) is 0 Å². The van der Waals surface area contributed by atoms with E-state index in [0.29, 0.717) is 5.96 Å². The van der Waals surface area contributed by atoms with Crippen LogP contribution in [-0.4, -0.2) is 24.3 Å². The number of aliphatic imine (C=N–C) groups is 2. The van der Waals surface area contributed by atoms with Crippen LogP contribution in [-0.2, 0) is 0 Å². The molecule has 0 radical (unpaired) electrons. The topological polar surface area (TPSA) is 58.9 Å². The SMILES string of the molecule is COc1ccc(NC2=NC(c3sc(C)nc3C)CC=N2)c(C)c1. The van der Waals surface area contributed by atoms with Gasteiger partial charge in [0.25, 0.3) is 0 Å². The molecule has 0 aliphatic carbocycles. The number of aromatic nitrogens is 1. The Hall–Kier alpha value is -2.21. The summed E-state index contributed by atoms with van der Waals surface area (Å²) in [4.78, 5) is 14.9. The van der Waals surface area contributed by atoms with Crippen LogP contribution in [0.15, 0.2) is 28.2 Å². The van der Waals surface area contributed by atoms with Crippen LogP contribution >= 0.6 is 11.3 Å². The largest absolute Gasteiger partial charge is 0.497 e. The van der Waals surface area contributed by atoms with Gasteiger partial charge < -0.3 is 10.1 Å². The molecule has 1 atom stereocenters. The Bertz CT molecular complexity index is 779. The number of ether oxygens (including phenoxy) is 1. The van der Waals surface area contributed by atoms with Crippen molar-refractivity contribution < 1.29 is 4.74 Å². The first-order valence-electron chi connectivity index (χ1n) is 7.52. The Kier molecular flexibility index (Phi) is 4.43. The molecule has 120 valence electrons. The van der Waals surface area contributed by atoms with Crippen LogP contribution in [0.25, 0.3) is 0 Å². The van der Waals surface area contributed by atoms with E-state index >= 15 is 0 Å². The number of thiazole rings is 1. The smallest absolute Gasteiger partial charge is 0.222 e. The van der Waals surface area contributed by atoms with Gasteiger partial charge in [-0.2, -0.15) is 0 Å². The molecule has 3 rings (SSSR count). The van der Waals surface area contributed by atoms with E-state index < -0.39 is 0 Å². The molecule has 6 heteroatoms. The summed E-state index contributed by atoms with van der Waals surface area (Å²) < 4.78 is 5.24. The molecule has 0 fully saturated rings. The molecule has 23 heavy (non-hydrogen) atoms. The molecule has 1 N–H and O–H groups in total. The van der Waals surface area contributed by atoms with E-state index in [2.05, 4.69) is 15.3 Å². The number of nitrogens with zero attached hydrogens (tertiary/aromatic N) is 3. The number of nitrogens with one attached hydrogen (secondary N) is 1. The van der Waals surface area contributed by atoms with Gasteiger partial charge in [0, 0.05) is 18.3 Å². The lowest BCUT2D eigenvalue weighted by Crippen LogP contribution is -2.16. The molecule has 0 spiro atoms. The van der Waals surface area contributed by atoms with Crippen LogP contribution in [0, 0.1) is 20.8 Å². The predicted octanol–water partition coefficient (Wildman–Crippen LogP) is 4.06. The Morgan fingerprint density at radius 2 is 2.09 bits per heavy atom. The molecule has 5 nitrogen and oxygen atoms in total. The third kappa shape index (κ3) is 3.42. The normalized spacial score (nSPS) is 17.0. The Labute approximate surface area is 140 Å². The Morgan fingerprint density at radius 1 is 1.26 bits per heavy atom. The Balaban J connectivity index is 1.82. The second kappa shape index (κ2) is 6.50. The molecule has 1 aliphatic heterocycles. The van der Waals surface area contributed by atoms with Gasteiger partial charge in [-0.25, -0.2) is 15.0 Å². The second-order valence-electron chi connectivity index (χ2n) is 5.50. The minimum atomic E-state index is 0.0970. The number of benzene rings is 1. The van der Waals surface area contributed by atoms with Gasteiger partial charge in [0.1, 0.15) is 5.75 Å². The van der Waals surface area contributed by atoms with Gasteiger partial charge in [-0.15, -0.1) is 11.3 Å². The highest BCUT2D eigenvalue weighted by molar-refractivity contribution is 7.11. The zero-order valence-electron chi connectivity index (χ0n) is 13.8. The molecule has 0 saturated carbocycles. The maximum absolute atomic E-state index is 5.24. The summed E-state index contributed by atoms with van der Waals surface area (Å²) in [6.07, 6.45) is 2.74. The van der Waals surface area contributed by atoms with Gasteiger partial charge in [-0.05, 0) is 44.5 Å². The van der Waals surface area contributed by atoms with Gasteiger partial charge in [-0.1, -0.05) is 0 Å². The summed E-state index contributed by atoms with van der Waals surface area (Å²) in [7, 11) is 1.67. The third-order valence-corrected chi connectivity index (χ3v) is 4.92. The average molecular weight is 328 g/mol. The fraction of sp³-hybridized carbons (Fsp3) is 0.353. The van der Waals surface area contributed by atoms with Gasteiger partial charge in [-0.3, -0.25) is 0 Å². The summed E-state index contributed by atoms with van der Waals surface area (Å²) in [5, 5.41) is 4.39. The van der Waals surface area contributed by atoms with Gasteiger partial charge in [0.05, 0.1) is 28.7 Å². The molecular weight excluding hydrogens is 308 g/mol. The summed E-state index contributed by atoms with van der Waals surface area (Å²) in [5.41, 5.74) is 3.14. The zero-order valence-corrected chi connectivity index (χ0v) is 14.6. The maximum Gasteiger partial charge on any atom is 0.222 e. The molecule has 1 unspecified atom stereocenters. The van der Waals surface area contributed by atoms with E-state index in [1.807, 2.05) is 45.2 Å². The molecule has 1 aliphatic rings. The highest BCUT2D eigenvalue weighted by Crippen LogP contribution is 2.31. The molecular formula is C17H20N4OS. The van der Waals surface area contributed by atoms with E-state index in [4.69, 9.17) is 9.73 Å². The van der Waals surface area contributed by atoms with Crippen molar-refractivity contribution in [2.75, 3.05) is 12.4 Å². The molecule has 1 aromatic heterocycles. The average Bonchev–Trinajstić information content (AvgIpc) is 2.88. The van der Waals surface area contributed by atoms with Crippen molar-refractivity contribution in [1.82, 2.24) is 4.98 Å². The standard InChI is InChI=1S/C17H20N4OS/c1-10-9-13(22-4)5-6-14(10)20-17-18-8-7-15(21-17)16-11(2)19-12(3)23-16/h5-6,8-9,15H,7H2,1-4H3,(H,20,21). The second-order valence-corrected chi connectivity index (χ2v) is 6.74. The summed E-state index contributed by atoms with van der Waals surface area (Å²) in [6, 6.07) is 6.00. The quantitative estimate of drug-likeness (QED) is 0.924. The maximum atomic E-state index is 5.24. The molecule has 2 aromatic rings. The lowest BCUT2D eigenvalue weighted by Gasteiger charge is -2.17. The van der Waals surface area contributed by atoms with Gasteiger partial charge in [0.2, 0.25) is 5.96 Å². The first-order valence-corrected chi connectivity index (χ1v) is 8.34. The fourth-order valence-corrected chi connectivity index (χ4v) is 3.56. The van der Waals surface area contributed by atoms with Crippen LogP contribution in [0.5, 0.6) is 5.75 Å². The number of aryl methyl sites for hydroxylation is 3. The van der Waals surface area contributed by atoms with E-state index in [9.17, 15) is 0 Å². The van der Waals surface area contributed by atoms with E-state index in [1.165, 1.54) is 4.88 Å². The molecule has 1 aromatic carbocycles.